The Morgan fingerprint density at radius 2 is 1.30 bits per heavy atom. The molecule has 1 amide bonds. The molecule has 0 aliphatic heterocycles. The number of rotatable bonds is 14. The second-order valence-corrected chi connectivity index (χ2v) is 6.19. The van der Waals surface area contributed by atoms with Gasteiger partial charge in [0.15, 0.2) is 0 Å². The van der Waals surface area contributed by atoms with Crippen molar-refractivity contribution in [2.45, 2.75) is 97.8 Å². The molecule has 0 rings (SSSR count). The Morgan fingerprint density at radius 1 is 0.800 bits per heavy atom. The summed E-state index contributed by atoms with van der Waals surface area (Å²) >= 11 is 0. The standard InChI is InChI=1S/C18H37NO/c1-4-6-8-10-12-14-18(13-11-9-7-5-2)15-16-19-17(3)20/h18H,4-16H2,1-3H3,(H,19,20). The van der Waals surface area contributed by atoms with E-state index in [-0.39, 0.29) is 5.91 Å². The molecule has 1 N–H and O–H groups in total. The van der Waals surface area contributed by atoms with Crippen molar-refractivity contribution in [1.82, 2.24) is 5.32 Å². The fourth-order valence-corrected chi connectivity index (χ4v) is 2.78. The van der Waals surface area contributed by atoms with Crippen molar-refractivity contribution in [3.8, 4) is 0 Å². The van der Waals surface area contributed by atoms with Gasteiger partial charge in [0.1, 0.15) is 0 Å². The maximum Gasteiger partial charge on any atom is 0.216 e. The summed E-state index contributed by atoms with van der Waals surface area (Å²) in [6.45, 7) is 7.01. The maximum absolute atomic E-state index is 10.9. The molecule has 2 heteroatoms. The average molecular weight is 283 g/mol. The van der Waals surface area contributed by atoms with Gasteiger partial charge in [-0.25, -0.2) is 0 Å². The predicted molar refractivity (Wildman–Crippen MR) is 88.9 cm³/mol. The lowest BCUT2D eigenvalue weighted by atomic mass is 9.91. The molecule has 0 aromatic heterocycles. The van der Waals surface area contributed by atoms with E-state index < -0.39 is 0 Å². The van der Waals surface area contributed by atoms with E-state index >= 15 is 0 Å². The summed E-state index contributed by atoms with van der Waals surface area (Å²) in [5.74, 6) is 0.929. The molecular formula is C18H37NO. The van der Waals surface area contributed by atoms with Crippen molar-refractivity contribution in [3.63, 3.8) is 0 Å². The molecule has 1 atom stereocenters. The molecule has 0 heterocycles. The maximum atomic E-state index is 10.9. The lowest BCUT2D eigenvalue weighted by molar-refractivity contribution is -0.119. The second kappa shape index (κ2) is 14.9. The third kappa shape index (κ3) is 13.9. The van der Waals surface area contributed by atoms with Crippen LogP contribution in [0.4, 0.5) is 0 Å². The minimum atomic E-state index is 0.109. The Hall–Kier alpha value is -0.530. The van der Waals surface area contributed by atoms with E-state index in [1.165, 1.54) is 77.0 Å². The highest BCUT2D eigenvalue weighted by molar-refractivity contribution is 5.72. The van der Waals surface area contributed by atoms with Crippen molar-refractivity contribution >= 4 is 5.91 Å². The number of carbonyl (C=O) groups is 1. The highest BCUT2D eigenvalue weighted by Crippen LogP contribution is 2.21. The molecule has 0 bridgehead atoms. The summed E-state index contributed by atoms with van der Waals surface area (Å²) in [4.78, 5) is 10.9. The van der Waals surface area contributed by atoms with Crippen LogP contribution >= 0.6 is 0 Å². The molecule has 0 radical (unpaired) electrons. The molecule has 120 valence electrons. The van der Waals surface area contributed by atoms with Crippen LogP contribution in [0.15, 0.2) is 0 Å². The van der Waals surface area contributed by atoms with Gasteiger partial charge >= 0.3 is 0 Å². The van der Waals surface area contributed by atoms with Crippen molar-refractivity contribution in [3.05, 3.63) is 0 Å². The predicted octanol–water partition coefficient (Wildman–Crippen LogP) is 5.46. The van der Waals surface area contributed by atoms with Crippen molar-refractivity contribution in [1.29, 1.82) is 0 Å². The van der Waals surface area contributed by atoms with E-state index in [1.54, 1.807) is 6.92 Å². The van der Waals surface area contributed by atoms with Crippen LogP contribution in [0.1, 0.15) is 97.8 Å². The number of amides is 1. The zero-order chi connectivity index (χ0) is 15.1. The number of hydrogen-bond acceptors (Lipinski definition) is 1. The van der Waals surface area contributed by atoms with Gasteiger partial charge in [0.2, 0.25) is 5.91 Å². The van der Waals surface area contributed by atoms with Crippen molar-refractivity contribution < 1.29 is 4.79 Å². The van der Waals surface area contributed by atoms with Crippen LogP contribution in [0.25, 0.3) is 0 Å². The first-order chi connectivity index (χ1) is 9.70. The lowest BCUT2D eigenvalue weighted by Gasteiger charge is -2.17. The minimum Gasteiger partial charge on any atom is -0.356 e. The second-order valence-electron chi connectivity index (χ2n) is 6.19. The molecule has 0 aliphatic carbocycles. The highest BCUT2D eigenvalue weighted by Gasteiger charge is 2.08. The van der Waals surface area contributed by atoms with E-state index in [1.807, 2.05) is 0 Å². The summed E-state index contributed by atoms with van der Waals surface area (Å²) in [6, 6.07) is 0. The SMILES string of the molecule is CCCCCCCC(CCCCCC)CCNC(C)=O. The summed E-state index contributed by atoms with van der Waals surface area (Å²) in [7, 11) is 0. The Balaban J connectivity index is 3.75. The number of hydrogen-bond donors (Lipinski definition) is 1. The largest absolute Gasteiger partial charge is 0.356 e. The van der Waals surface area contributed by atoms with E-state index in [4.69, 9.17) is 0 Å². The highest BCUT2D eigenvalue weighted by atomic mass is 16.1. The fraction of sp³-hybridized carbons (Fsp3) is 0.944. The molecule has 0 aromatic carbocycles. The van der Waals surface area contributed by atoms with Gasteiger partial charge in [-0.1, -0.05) is 84.5 Å². The van der Waals surface area contributed by atoms with Gasteiger partial charge in [-0.3, -0.25) is 4.79 Å². The van der Waals surface area contributed by atoms with E-state index in [0.29, 0.717) is 0 Å². The van der Waals surface area contributed by atoms with Crippen LogP contribution < -0.4 is 5.32 Å². The molecule has 0 spiro atoms. The summed E-state index contributed by atoms with van der Waals surface area (Å²) in [5.41, 5.74) is 0. The Labute approximate surface area is 127 Å². The van der Waals surface area contributed by atoms with Crippen molar-refractivity contribution in [2.75, 3.05) is 6.54 Å². The van der Waals surface area contributed by atoms with Crippen LogP contribution in [0, 0.1) is 5.92 Å². The molecule has 0 saturated carbocycles. The molecule has 1 unspecified atom stereocenters. The average Bonchev–Trinajstić information content (AvgIpc) is 2.42. The van der Waals surface area contributed by atoms with Gasteiger partial charge in [0, 0.05) is 13.5 Å². The normalized spacial score (nSPS) is 12.3. The van der Waals surface area contributed by atoms with E-state index in [0.717, 1.165) is 12.5 Å². The van der Waals surface area contributed by atoms with E-state index in [9.17, 15) is 4.79 Å². The van der Waals surface area contributed by atoms with Crippen LogP contribution in [0.3, 0.4) is 0 Å². The molecule has 20 heavy (non-hydrogen) atoms. The fourth-order valence-electron chi connectivity index (χ4n) is 2.78. The smallest absolute Gasteiger partial charge is 0.216 e. The van der Waals surface area contributed by atoms with Crippen molar-refractivity contribution in [2.24, 2.45) is 5.92 Å². The molecular weight excluding hydrogens is 246 g/mol. The minimum absolute atomic E-state index is 0.109. The van der Waals surface area contributed by atoms with Gasteiger partial charge in [-0.2, -0.15) is 0 Å². The zero-order valence-corrected chi connectivity index (χ0v) is 14.2. The van der Waals surface area contributed by atoms with Gasteiger partial charge in [-0.05, 0) is 12.3 Å². The summed E-state index contributed by atoms with van der Waals surface area (Å²) in [6.07, 6.45) is 16.2. The van der Waals surface area contributed by atoms with E-state index in [2.05, 4.69) is 19.2 Å². The third-order valence-corrected chi connectivity index (χ3v) is 4.11. The molecule has 2 nitrogen and oxygen atoms in total. The zero-order valence-electron chi connectivity index (χ0n) is 14.2. The van der Waals surface area contributed by atoms with Gasteiger partial charge in [-0.15, -0.1) is 0 Å². The van der Waals surface area contributed by atoms with Gasteiger partial charge in [0.05, 0.1) is 0 Å². The Bertz CT molecular complexity index is 215. The molecule has 0 fully saturated rings. The summed E-state index contributed by atoms with van der Waals surface area (Å²) in [5, 5.41) is 2.95. The van der Waals surface area contributed by atoms with Crippen LogP contribution in [0.2, 0.25) is 0 Å². The first-order valence-corrected chi connectivity index (χ1v) is 8.95. The number of unbranched alkanes of at least 4 members (excludes halogenated alkanes) is 7. The van der Waals surface area contributed by atoms with Gasteiger partial charge in [0.25, 0.3) is 0 Å². The Kier molecular flexibility index (Phi) is 14.5. The monoisotopic (exact) mass is 283 g/mol. The summed E-state index contributed by atoms with van der Waals surface area (Å²) < 4.78 is 0. The Morgan fingerprint density at radius 3 is 1.80 bits per heavy atom. The van der Waals surface area contributed by atoms with Gasteiger partial charge < -0.3 is 5.32 Å². The molecule has 0 aromatic rings. The quantitative estimate of drug-likeness (QED) is 0.421. The molecule has 0 aliphatic rings. The lowest BCUT2D eigenvalue weighted by Crippen LogP contribution is -2.23. The molecule has 0 saturated heterocycles. The first kappa shape index (κ1) is 19.5. The number of carbonyl (C=O) groups excluding carboxylic acids is 1. The first-order valence-electron chi connectivity index (χ1n) is 8.95. The number of nitrogens with one attached hydrogen (secondary N) is 1. The third-order valence-electron chi connectivity index (χ3n) is 4.11. The van der Waals surface area contributed by atoms with Crippen LogP contribution in [0.5, 0.6) is 0 Å². The topological polar surface area (TPSA) is 29.1 Å². The van der Waals surface area contributed by atoms with Crippen LogP contribution in [-0.4, -0.2) is 12.5 Å². The van der Waals surface area contributed by atoms with Crippen LogP contribution in [-0.2, 0) is 4.79 Å².